The van der Waals surface area contributed by atoms with Crippen LogP contribution >= 0.6 is 0 Å². The molecule has 2 aromatic heterocycles. The summed E-state index contributed by atoms with van der Waals surface area (Å²) in [7, 11) is 0. The Kier molecular flexibility index (Phi) is 8.75. The molecule has 0 aliphatic carbocycles. The smallest absolute Gasteiger partial charge is 0.412 e. The van der Waals surface area contributed by atoms with Crippen LogP contribution in [0, 0.1) is 5.82 Å². The van der Waals surface area contributed by atoms with Crippen LogP contribution in [-0.2, 0) is 20.7 Å². The van der Waals surface area contributed by atoms with Gasteiger partial charge in [-0.2, -0.15) is 10.1 Å². The first-order valence-corrected chi connectivity index (χ1v) is 12.7. The van der Waals surface area contributed by atoms with E-state index in [1.54, 1.807) is 58.0 Å². The van der Waals surface area contributed by atoms with Gasteiger partial charge >= 0.3 is 12.1 Å². The van der Waals surface area contributed by atoms with Crippen LogP contribution in [0.25, 0.3) is 22.8 Å². The lowest BCUT2D eigenvalue weighted by Gasteiger charge is -2.19. The molecule has 214 valence electrons. The third kappa shape index (κ3) is 7.75. The Morgan fingerprint density at radius 1 is 1.12 bits per heavy atom. The van der Waals surface area contributed by atoms with Gasteiger partial charge in [-0.3, -0.25) is 15.2 Å². The Hall–Kier alpha value is -5.07. The van der Waals surface area contributed by atoms with Gasteiger partial charge in [0.15, 0.2) is 0 Å². The zero-order valence-electron chi connectivity index (χ0n) is 22.9. The minimum atomic E-state index is -1.05. The quantitative estimate of drug-likeness (QED) is 0.248. The summed E-state index contributed by atoms with van der Waals surface area (Å²) in [5, 5.41) is 15.4. The van der Waals surface area contributed by atoms with E-state index in [0.717, 1.165) is 0 Å². The summed E-state index contributed by atoms with van der Waals surface area (Å²) in [6, 6.07) is 9.86. The number of benzene rings is 2. The van der Waals surface area contributed by atoms with Crippen LogP contribution in [-0.4, -0.2) is 56.6 Å². The van der Waals surface area contributed by atoms with E-state index in [1.165, 1.54) is 24.5 Å². The maximum Gasteiger partial charge on any atom is 0.412 e. The van der Waals surface area contributed by atoms with E-state index in [1.807, 2.05) is 0 Å². The molecule has 0 bridgehead atoms. The Morgan fingerprint density at radius 2 is 1.88 bits per heavy atom. The number of rotatable bonds is 9. The second kappa shape index (κ2) is 12.4. The second-order valence-corrected chi connectivity index (χ2v) is 9.91. The van der Waals surface area contributed by atoms with E-state index in [0.29, 0.717) is 16.8 Å². The molecule has 1 atom stereocenters. The molecule has 0 saturated carbocycles. The lowest BCUT2D eigenvalue weighted by Crippen LogP contribution is -2.43. The molecule has 0 aliphatic rings. The summed E-state index contributed by atoms with van der Waals surface area (Å²) >= 11 is 0. The molecule has 3 N–H and O–H groups in total. The predicted molar refractivity (Wildman–Crippen MR) is 145 cm³/mol. The fraction of sp³-hybridized carbons (Fsp3) is 0.286. The summed E-state index contributed by atoms with van der Waals surface area (Å²) < 4.78 is 30.8. The summed E-state index contributed by atoms with van der Waals surface area (Å²) in [5.74, 6) is -1.65. The molecule has 0 saturated heterocycles. The van der Waals surface area contributed by atoms with Crippen LogP contribution in [0.2, 0.25) is 0 Å². The summed E-state index contributed by atoms with van der Waals surface area (Å²) in [6.07, 6.45) is 2.11. The number of nitrogens with one attached hydrogen (secondary N) is 3. The third-order valence-electron chi connectivity index (χ3n) is 5.55. The molecule has 0 radical (unpaired) electrons. The molecular formula is C28H29FN6O6. The van der Waals surface area contributed by atoms with Crippen molar-refractivity contribution in [1.29, 1.82) is 0 Å². The van der Waals surface area contributed by atoms with Gasteiger partial charge in [-0.15, -0.1) is 0 Å². The topological polar surface area (TPSA) is 161 Å². The molecule has 12 nitrogen and oxygen atoms in total. The van der Waals surface area contributed by atoms with Crippen molar-refractivity contribution in [3.8, 4) is 22.8 Å². The predicted octanol–water partition coefficient (Wildman–Crippen LogP) is 4.52. The Bertz CT molecular complexity index is 1510. The maximum absolute atomic E-state index is 15.1. The van der Waals surface area contributed by atoms with Gasteiger partial charge in [0.25, 0.3) is 11.8 Å². The van der Waals surface area contributed by atoms with Crippen LogP contribution < -0.4 is 10.6 Å². The highest BCUT2D eigenvalue weighted by Crippen LogP contribution is 2.26. The number of aromatic nitrogens is 4. The van der Waals surface area contributed by atoms with Gasteiger partial charge in [-0.1, -0.05) is 11.2 Å². The molecule has 1 unspecified atom stereocenters. The Morgan fingerprint density at radius 3 is 2.51 bits per heavy atom. The fourth-order valence-electron chi connectivity index (χ4n) is 3.72. The number of amides is 2. The molecule has 2 amide bonds. The van der Waals surface area contributed by atoms with Crippen molar-refractivity contribution in [2.24, 2.45) is 0 Å². The lowest BCUT2D eigenvalue weighted by molar-refractivity contribution is -0.145. The van der Waals surface area contributed by atoms with Crippen LogP contribution in [0.15, 0.2) is 59.4 Å². The number of halogens is 1. The Labute approximate surface area is 234 Å². The number of H-pyrrole nitrogens is 1. The van der Waals surface area contributed by atoms with Crippen molar-refractivity contribution in [2.45, 2.75) is 45.8 Å². The number of hydrogen-bond acceptors (Lipinski definition) is 9. The van der Waals surface area contributed by atoms with Crippen LogP contribution in [0.1, 0.15) is 43.6 Å². The zero-order chi connectivity index (χ0) is 29.6. The largest absolute Gasteiger partial charge is 0.464 e. The van der Waals surface area contributed by atoms with Crippen molar-refractivity contribution < 1.29 is 32.8 Å². The fourth-order valence-corrected chi connectivity index (χ4v) is 3.72. The van der Waals surface area contributed by atoms with Crippen LogP contribution in [0.5, 0.6) is 0 Å². The SMILES string of the molecule is CCOC(=O)C(Cc1ccc(-c2noc(-c3ccc(NC(=O)OC(C)(C)C)cc3)n2)c(F)c1)NC(=O)c1cn[nH]c1. The van der Waals surface area contributed by atoms with Gasteiger partial charge in [0, 0.05) is 23.9 Å². The number of nitrogens with zero attached hydrogens (tertiary/aromatic N) is 3. The van der Waals surface area contributed by atoms with E-state index >= 15 is 4.39 Å². The summed E-state index contributed by atoms with van der Waals surface area (Å²) in [5.41, 5.74) is 1.20. The number of aromatic amines is 1. The number of anilines is 1. The van der Waals surface area contributed by atoms with Crippen molar-refractivity contribution in [3.05, 3.63) is 71.8 Å². The summed E-state index contributed by atoms with van der Waals surface area (Å²) in [6.45, 7) is 7.07. The van der Waals surface area contributed by atoms with E-state index < -0.39 is 35.4 Å². The van der Waals surface area contributed by atoms with Gasteiger partial charge in [-0.25, -0.2) is 14.0 Å². The minimum absolute atomic E-state index is 0.0131. The van der Waals surface area contributed by atoms with Crippen molar-refractivity contribution >= 4 is 23.7 Å². The number of ether oxygens (including phenoxy) is 2. The molecule has 2 heterocycles. The van der Waals surface area contributed by atoms with Gasteiger partial charge in [0.05, 0.1) is 23.9 Å². The molecule has 41 heavy (non-hydrogen) atoms. The lowest BCUT2D eigenvalue weighted by atomic mass is 10.0. The van der Waals surface area contributed by atoms with Crippen molar-refractivity contribution in [1.82, 2.24) is 25.7 Å². The van der Waals surface area contributed by atoms with Crippen molar-refractivity contribution in [3.63, 3.8) is 0 Å². The van der Waals surface area contributed by atoms with Crippen molar-refractivity contribution in [2.75, 3.05) is 11.9 Å². The van der Waals surface area contributed by atoms with Gasteiger partial charge in [0.1, 0.15) is 17.5 Å². The monoisotopic (exact) mass is 564 g/mol. The highest BCUT2D eigenvalue weighted by Gasteiger charge is 2.25. The first-order chi connectivity index (χ1) is 19.5. The molecular weight excluding hydrogens is 535 g/mol. The average molecular weight is 565 g/mol. The average Bonchev–Trinajstić information content (AvgIpc) is 3.61. The molecule has 4 aromatic rings. The first-order valence-electron chi connectivity index (χ1n) is 12.7. The normalized spacial score (nSPS) is 11.9. The van der Waals surface area contributed by atoms with E-state index in [-0.39, 0.29) is 35.9 Å². The number of carbonyl (C=O) groups is 3. The standard InChI is InChI=1S/C28H29FN6O6/c1-5-39-26(37)22(33-24(36)18-14-30-31-15-18)13-16-6-11-20(21(29)12-16)23-34-25(41-35-23)17-7-9-19(10-8-17)32-27(38)40-28(2,3)4/h6-12,14-15,22H,5,13H2,1-4H3,(H,30,31)(H,32,38)(H,33,36). The van der Waals surface area contributed by atoms with Crippen LogP contribution in [0.3, 0.4) is 0 Å². The number of esters is 1. The zero-order valence-corrected chi connectivity index (χ0v) is 22.9. The minimum Gasteiger partial charge on any atom is -0.464 e. The van der Waals surface area contributed by atoms with Gasteiger partial charge in [0.2, 0.25) is 5.82 Å². The van der Waals surface area contributed by atoms with Crippen LogP contribution in [0.4, 0.5) is 14.9 Å². The maximum atomic E-state index is 15.1. The van der Waals surface area contributed by atoms with E-state index in [2.05, 4.69) is 31.0 Å². The molecule has 13 heteroatoms. The highest BCUT2D eigenvalue weighted by molar-refractivity contribution is 5.96. The highest BCUT2D eigenvalue weighted by atomic mass is 19.1. The van der Waals surface area contributed by atoms with Gasteiger partial charge in [-0.05, 0) is 69.7 Å². The summed E-state index contributed by atoms with van der Waals surface area (Å²) in [4.78, 5) is 41.2. The third-order valence-corrected chi connectivity index (χ3v) is 5.55. The second-order valence-electron chi connectivity index (χ2n) is 9.91. The number of hydrogen-bond donors (Lipinski definition) is 3. The molecule has 0 spiro atoms. The Balaban J connectivity index is 1.45. The molecule has 4 rings (SSSR count). The van der Waals surface area contributed by atoms with Gasteiger partial charge < -0.3 is 19.3 Å². The van der Waals surface area contributed by atoms with E-state index in [9.17, 15) is 14.4 Å². The van der Waals surface area contributed by atoms with E-state index in [4.69, 9.17) is 14.0 Å². The number of carbonyl (C=O) groups excluding carboxylic acids is 3. The molecule has 0 fully saturated rings. The molecule has 0 aliphatic heterocycles. The molecule has 2 aromatic carbocycles. The first kappa shape index (κ1) is 28.9.